The highest BCUT2D eigenvalue weighted by molar-refractivity contribution is 5.90. The first-order chi connectivity index (χ1) is 13.0. The van der Waals surface area contributed by atoms with E-state index in [1.165, 1.54) is 11.0 Å². The van der Waals surface area contributed by atoms with Crippen LogP contribution in [-0.4, -0.2) is 34.0 Å². The number of amides is 2. The summed E-state index contributed by atoms with van der Waals surface area (Å²) in [4.78, 5) is 28.5. The Morgan fingerprint density at radius 2 is 2.19 bits per heavy atom. The van der Waals surface area contributed by atoms with Crippen molar-refractivity contribution in [2.24, 2.45) is 5.73 Å². The standard InChI is InChI=1S/C19H17FN4O3/c20-16-9-13(24-11-14(27-19(24)26)3-5-17(21)25)2-4-15(16)12-1-6-18-22-7-8-23(18)10-12/h1-2,4,6-10,14H,3,5,11H2,(H2,21,25)/t14-/m0/s1. The molecule has 2 amide bonds. The van der Waals surface area contributed by atoms with Gasteiger partial charge in [-0.05, 0) is 36.8 Å². The van der Waals surface area contributed by atoms with E-state index in [9.17, 15) is 14.0 Å². The molecule has 0 aliphatic carbocycles. The van der Waals surface area contributed by atoms with E-state index in [0.29, 0.717) is 23.2 Å². The molecular weight excluding hydrogens is 351 g/mol. The first kappa shape index (κ1) is 17.0. The van der Waals surface area contributed by atoms with E-state index in [-0.39, 0.29) is 13.0 Å². The zero-order valence-electron chi connectivity index (χ0n) is 14.3. The monoisotopic (exact) mass is 368 g/mol. The number of halogens is 1. The normalized spacial score (nSPS) is 16.7. The topological polar surface area (TPSA) is 89.9 Å². The molecule has 27 heavy (non-hydrogen) atoms. The van der Waals surface area contributed by atoms with Crippen LogP contribution in [0.4, 0.5) is 14.9 Å². The molecule has 1 atom stereocenters. The quantitative estimate of drug-likeness (QED) is 0.750. The van der Waals surface area contributed by atoms with Crippen LogP contribution in [0.2, 0.25) is 0 Å². The van der Waals surface area contributed by atoms with Crippen LogP contribution in [0.3, 0.4) is 0 Å². The number of ether oxygens (including phenoxy) is 1. The summed E-state index contributed by atoms with van der Waals surface area (Å²) in [6.45, 7) is 0.256. The van der Waals surface area contributed by atoms with Gasteiger partial charge >= 0.3 is 6.09 Å². The number of carbonyl (C=O) groups excluding carboxylic acids is 2. The lowest BCUT2D eigenvalue weighted by Crippen LogP contribution is -2.25. The van der Waals surface area contributed by atoms with E-state index in [1.54, 1.807) is 36.8 Å². The molecule has 1 aromatic carbocycles. The summed E-state index contributed by atoms with van der Waals surface area (Å²) in [6, 6.07) is 8.22. The van der Waals surface area contributed by atoms with Crippen molar-refractivity contribution in [3.05, 3.63) is 54.7 Å². The summed E-state index contributed by atoms with van der Waals surface area (Å²) in [5, 5.41) is 0. The van der Waals surface area contributed by atoms with Crippen molar-refractivity contribution in [3.8, 4) is 11.1 Å². The van der Waals surface area contributed by atoms with Crippen LogP contribution in [0.25, 0.3) is 16.8 Å². The second-order valence-corrected chi connectivity index (χ2v) is 6.40. The predicted molar refractivity (Wildman–Crippen MR) is 96.6 cm³/mol. The van der Waals surface area contributed by atoms with Gasteiger partial charge in [0.25, 0.3) is 0 Å². The number of imidazole rings is 1. The van der Waals surface area contributed by atoms with Crippen molar-refractivity contribution in [3.63, 3.8) is 0 Å². The Balaban J connectivity index is 1.56. The lowest BCUT2D eigenvalue weighted by atomic mass is 10.1. The number of rotatable bonds is 5. The molecule has 1 aliphatic heterocycles. The lowest BCUT2D eigenvalue weighted by molar-refractivity contribution is -0.118. The minimum Gasteiger partial charge on any atom is -0.444 e. The molecule has 0 saturated carbocycles. The Labute approximate surface area is 154 Å². The molecule has 4 rings (SSSR count). The number of benzene rings is 1. The smallest absolute Gasteiger partial charge is 0.414 e. The molecule has 138 valence electrons. The zero-order chi connectivity index (χ0) is 19.0. The summed E-state index contributed by atoms with van der Waals surface area (Å²) in [5.41, 5.74) is 7.43. The van der Waals surface area contributed by atoms with Gasteiger partial charge in [0.05, 0.1) is 12.2 Å². The fourth-order valence-corrected chi connectivity index (χ4v) is 3.17. The molecule has 1 saturated heterocycles. The van der Waals surface area contributed by atoms with Crippen LogP contribution >= 0.6 is 0 Å². The number of nitrogens with zero attached hydrogens (tertiary/aromatic N) is 3. The highest BCUT2D eigenvalue weighted by Crippen LogP contribution is 2.29. The Morgan fingerprint density at radius 1 is 1.33 bits per heavy atom. The van der Waals surface area contributed by atoms with Crippen LogP contribution in [0, 0.1) is 5.82 Å². The van der Waals surface area contributed by atoms with Crippen LogP contribution in [0.1, 0.15) is 12.8 Å². The molecule has 1 fully saturated rings. The third kappa shape index (κ3) is 3.33. The highest BCUT2D eigenvalue weighted by Gasteiger charge is 2.32. The van der Waals surface area contributed by atoms with Crippen molar-refractivity contribution in [1.82, 2.24) is 9.38 Å². The van der Waals surface area contributed by atoms with Crippen molar-refractivity contribution < 1.29 is 18.7 Å². The van der Waals surface area contributed by atoms with Crippen LogP contribution < -0.4 is 10.6 Å². The summed E-state index contributed by atoms with van der Waals surface area (Å²) >= 11 is 0. The number of hydrogen-bond acceptors (Lipinski definition) is 4. The SMILES string of the molecule is NC(=O)CC[C@H]1CN(c2ccc(-c3ccc4nccn4c3)c(F)c2)C(=O)O1. The highest BCUT2D eigenvalue weighted by atomic mass is 19.1. The molecule has 3 aromatic rings. The maximum absolute atomic E-state index is 14.7. The van der Waals surface area contributed by atoms with Gasteiger partial charge in [-0.25, -0.2) is 14.2 Å². The third-order valence-corrected chi connectivity index (χ3v) is 4.55. The molecule has 0 radical (unpaired) electrons. The van der Waals surface area contributed by atoms with Gasteiger partial charge in [0.1, 0.15) is 17.6 Å². The fraction of sp³-hybridized carbons (Fsp3) is 0.211. The number of hydrogen-bond donors (Lipinski definition) is 1. The maximum Gasteiger partial charge on any atom is 0.414 e. The van der Waals surface area contributed by atoms with Gasteiger partial charge < -0.3 is 14.9 Å². The number of carbonyl (C=O) groups is 2. The van der Waals surface area contributed by atoms with Gasteiger partial charge in [0, 0.05) is 36.1 Å². The third-order valence-electron chi connectivity index (χ3n) is 4.55. The summed E-state index contributed by atoms with van der Waals surface area (Å²) < 4.78 is 21.8. The van der Waals surface area contributed by atoms with E-state index in [1.807, 2.05) is 10.5 Å². The molecule has 2 N–H and O–H groups in total. The number of cyclic esters (lactones) is 1. The molecular formula is C19H17FN4O3. The van der Waals surface area contributed by atoms with Gasteiger partial charge in [-0.3, -0.25) is 9.69 Å². The van der Waals surface area contributed by atoms with Crippen LogP contribution in [0.15, 0.2) is 48.9 Å². The Hall–Kier alpha value is -3.42. The van der Waals surface area contributed by atoms with Crippen molar-refractivity contribution >= 4 is 23.3 Å². The molecule has 0 spiro atoms. The number of anilines is 1. The minimum absolute atomic E-state index is 0.135. The zero-order valence-corrected chi connectivity index (χ0v) is 14.3. The fourth-order valence-electron chi connectivity index (χ4n) is 3.17. The van der Waals surface area contributed by atoms with E-state index in [0.717, 1.165) is 5.65 Å². The van der Waals surface area contributed by atoms with E-state index in [2.05, 4.69) is 4.98 Å². The van der Waals surface area contributed by atoms with E-state index >= 15 is 0 Å². The van der Waals surface area contributed by atoms with Crippen LogP contribution in [-0.2, 0) is 9.53 Å². The van der Waals surface area contributed by atoms with Crippen molar-refractivity contribution in [2.75, 3.05) is 11.4 Å². The first-order valence-corrected chi connectivity index (χ1v) is 8.50. The van der Waals surface area contributed by atoms with Crippen LogP contribution in [0.5, 0.6) is 0 Å². The Kier molecular flexibility index (Phi) is 4.23. The van der Waals surface area contributed by atoms with Crippen molar-refractivity contribution in [1.29, 1.82) is 0 Å². The molecule has 7 nitrogen and oxygen atoms in total. The number of nitrogens with two attached hydrogens (primary N) is 1. The Morgan fingerprint density at radius 3 is 2.96 bits per heavy atom. The van der Waals surface area contributed by atoms with Gasteiger partial charge in [0.2, 0.25) is 5.91 Å². The number of primary amides is 1. The van der Waals surface area contributed by atoms with Crippen molar-refractivity contribution in [2.45, 2.75) is 18.9 Å². The predicted octanol–water partition coefficient (Wildman–Crippen LogP) is 2.73. The Bertz CT molecular complexity index is 1030. The molecule has 8 heteroatoms. The molecule has 0 bridgehead atoms. The summed E-state index contributed by atoms with van der Waals surface area (Å²) in [6.07, 6.45) is 4.75. The maximum atomic E-state index is 14.7. The van der Waals surface area contributed by atoms with E-state index in [4.69, 9.17) is 10.5 Å². The number of fused-ring (bicyclic) bond motifs is 1. The summed E-state index contributed by atoms with van der Waals surface area (Å²) in [7, 11) is 0. The van der Waals surface area contributed by atoms with Gasteiger partial charge in [0.15, 0.2) is 0 Å². The number of aromatic nitrogens is 2. The second-order valence-electron chi connectivity index (χ2n) is 6.40. The molecule has 1 aliphatic rings. The first-order valence-electron chi connectivity index (χ1n) is 8.50. The lowest BCUT2D eigenvalue weighted by Gasteiger charge is -2.14. The largest absolute Gasteiger partial charge is 0.444 e. The second kappa shape index (κ2) is 6.71. The average molecular weight is 368 g/mol. The minimum atomic E-state index is -0.559. The molecule has 2 aromatic heterocycles. The average Bonchev–Trinajstić information content (AvgIpc) is 3.25. The van der Waals surface area contributed by atoms with Gasteiger partial charge in [-0.2, -0.15) is 0 Å². The van der Waals surface area contributed by atoms with Gasteiger partial charge in [-0.15, -0.1) is 0 Å². The summed E-state index contributed by atoms with van der Waals surface area (Å²) in [5.74, 6) is -0.893. The molecule has 3 heterocycles. The number of pyridine rings is 1. The molecule has 0 unspecified atom stereocenters. The van der Waals surface area contributed by atoms with E-state index < -0.39 is 23.9 Å². The van der Waals surface area contributed by atoms with Gasteiger partial charge in [-0.1, -0.05) is 0 Å².